The van der Waals surface area contributed by atoms with E-state index in [1.807, 2.05) is 0 Å². The second-order valence-electron chi connectivity index (χ2n) is 6.66. The summed E-state index contributed by atoms with van der Waals surface area (Å²) >= 11 is 2.51. The fourth-order valence-corrected chi connectivity index (χ4v) is 4.09. The molecule has 4 heteroatoms. The van der Waals surface area contributed by atoms with Crippen molar-refractivity contribution in [3.8, 4) is 0 Å². The fraction of sp³-hybridized carbons (Fsp3) is 0.625. The Labute approximate surface area is 134 Å². The maximum Gasteiger partial charge on any atom is 0.0560 e. The first-order chi connectivity index (χ1) is 9.38. The second kappa shape index (κ2) is 5.94. The second-order valence-corrected chi connectivity index (χ2v) is 8.58. The van der Waals surface area contributed by atoms with E-state index in [2.05, 4.69) is 77.7 Å². The molecule has 3 nitrogen and oxygen atoms in total. The van der Waals surface area contributed by atoms with Crippen LogP contribution in [0.1, 0.15) is 57.6 Å². The Morgan fingerprint density at radius 1 is 1.25 bits per heavy atom. The van der Waals surface area contributed by atoms with E-state index in [1.54, 1.807) is 0 Å². The van der Waals surface area contributed by atoms with Gasteiger partial charge in [0.1, 0.15) is 0 Å². The summed E-state index contributed by atoms with van der Waals surface area (Å²) in [6, 6.07) is 8.95. The monoisotopic (exact) mass is 383 g/mol. The van der Waals surface area contributed by atoms with Crippen molar-refractivity contribution in [2.24, 2.45) is 5.11 Å². The molecule has 0 bridgehead atoms. The first-order valence-electron chi connectivity index (χ1n) is 7.22. The number of azide groups is 1. The largest absolute Gasteiger partial charge is 0.0889 e. The minimum atomic E-state index is -0.0430. The van der Waals surface area contributed by atoms with Crippen LogP contribution in [0.25, 0.3) is 10.4 Å². The topological polar surface area (TPSA) is 48.8 Å². The highest BCUT2D eigenvalue weighted by Crippen LogP contribution is 2.47. The zero-order valence-corrected chi connectivity index (χ0v) is 14.6. The van der Waals surface area contributed by atoms with Crippen LogP contribution in [0.4, 0.5) is 0 Å². The van der Waals surface area contributed by atoms with Crippen molar-refractivity contribution in [1.29, 1.82) is 0 Å². The van der Waals surface area contributed by atoms with Gasteiger partial charge in [0, 0.05) is 4.91 Å². The van der Waals surface area contributed by atoms with Crippen molar-refractivity contribution >= 4 is 22.6 Å². The highest BCUT2D eigenvalue weighted by atomic mass is 127. The van der Waals surface area contributed by atoms with Crippen LogP contribution in [0.2, 0.25) is 0 Å². The summed E-state index contributed by atoms with van der Waals surface area (Å²) in [5.41, 5.74) is 11.6. The van der Waals surface area contributed by atoms with Gasteiger partial charge in [0.2, 0.25) is 0 Å². The highest BCUT2D eigenvalue weighted by molar-refractivity contribution is 14.1. The number of alkyl halides is 1. The van der Waals surface area contributed by atoms with E-state index in [-0.39, 0.29) is 14.9 Å². The summed E-state index contributed by atoms with van der Waals surface area (Å²) in [4.78, 5) is 3.06. The Morgan fingerprint density at radius 2 is 1.90 bits per heavy atom. The number of hydrogen-bond donors (Lipinski definition) is 0. The Balaban J connectivity index is 2.35. The molecule has 0 aromatic heterocycles. The SMILES string of the molecule is CC(C)(C)c1ccc(C2(I)CCCCC2N=[N+]=[N-])cc1. The van der Waals surface area contributed by atoms with Gasteiger partial charge in [-0.25, -0.2) is 0 Å². The molecule has 0 N–H and O–H groups in total. The van der Waals surface area contributed by atoms with Crippen LogP contribution in [0, 0.1) is 0 Å². The molecule has 0 saturated heterocycles. The lowest BCUT2D eigenvalue weighted by Crippen LogP contribution is -2.35. The molecule has 1 aromatic rings. The van der Waals surface area contributed by atoms with Gasteiger partial charge in [0.25, 0.3) is 0 Å². The minimum Gasteiger partial charge on any atom is -0.0889 e. The Kier molecular flexibility index (Phi) is 4.65. The van der Waals surface area contributed by atoms with Gasteiger partial charge in [0.15, 0.2) is 0 Å². The molecule has 0 aliphatic heterocycles. The van der Waals surface area contributed by atoms with Crippen LogP contribution in [-0.2, 0) is 8.84 Å². The van der Waals surface area contributed by atoms with Crippen LogP contribution >= 0.6 is 22.6 Å². The third-order valence-corrected chi connectivity index (χ3v) is 6.10. The molecular formula is C16H22IN3. The molecular weight excluding hydrogens is 361 g/mol. The van der Waals surface area contributed by atoms with E-state index in [9.17, 15) is 0 Å². The highest BCUT2D eigenvalue weighted by Gasteiger charge is 2.39. The summed E-state index contributed by atoms with van der Waals surface area (Å²) in [7, 11) is 0. The average Bonchev–Trinajstić information content (AvgIpc) is 2.41. The molecule has 2 unspecified atom stereocenters. The summed E-state index contributed by atoms with van der Waals surface area (Å²) in [5, 5.41) is 4.06. The number of nitrogens with zero attached hydrogens (tertiary/aromatic N) is 3. The van der Waals surface area contributed by atoms with Gasteiger partial charge in [0.05, 0.1) is 9.46 Å². The molecule has 1 aromatic carbocycles. The van der Waals surface area contributed by atoms with Gasteiger partial charge in [-0.15, -0.1) is 0 Å². The van der Waals surface area contributed by atoms with Crippen molar-refractivity contribution in [1.82, 2.24) is 0 Å². The normalized spacial score (nSPS) is 26.9. The van der Waals surface area contributed by atoms with Gasteiger partial charge in [-0.1, -0.05) is 85.6 Å². The van der Waals surface area contributed by atoms with E-state index >= 15 is 0 Å². The van der Waals surface area contributed by atoms with E-state index in [4.69, 9.17) is 5.53 Å². The number of halogens is 1. The van der Waals surface area contributed by atoms with Gasteiger partial charge < -0.3 is 0 Å². The Morgan fingerprint density at radius 3 is 2.45 bits per heavy atom. The fourth-order valence-electron chi connectivity index (χ4n) is 2.91. The predicted molar refractivity (Wildman–Crippen MR) is 92.2 cm³/mol. The van der Waals surface area contributed by atoms with E-state index in [1.165, 1.54) is 17.5 Å². The molecule has 1 saturated carbocycles. The zero-order valence-electron chi connectivity index (χ0n) is 12.4. The maximum atomic E-state index is 8.80. The third kappa shape index (κ3) is 3.12. The summed E-state index contributed by atoms with van der Waals surface area (Å²) in [6.07, 6.45) is 4.45. The van der Waals surface area contributed by atoms with E-state index in [0.29, 0.717) is 0 Å². The summed E-state index contributed by atoms with van der Waals surface area (Å²) in [5.74, 6) is 0. The number of rotatable bonds is 2. The molecule has 1 fully saturated rings. The third-order valence-electron chi connectivity index (χ3n) is 4.22. The van der Waals surface area contributed by atoms with Gasteiger partial charge in [-0.2, -0.15) is 0 Å². The molecule has 0 radical (unpaired) electrons. The molecule has 2 rings (SSSR count). The van der Waals surface area contributed by atoms with Crippen LogP contribution < -0.4 is 0 Å². The molecule has 2 atom stereocenters. The van der Waals surface area contributed by atoms with Crippen molar-refractivity contribution in [3.63, 3.8) is 0 Å². The van der Waals surface area contributed by atoms with Crippen LogP contribution in [0.5, 0.6) is 0 Å². The average molecular weight is 383 g/mol. The maximum absolute atomic E-state index is 8.80. The zero-order chi connectivity index (χ0) is 14.8. The first kappa shape index (κ1) is 15.6. The molecule has 0 spiro atoms. The van der Waals surface area contributed by atoms with Crippen LogP contribution in [-0.4, -0.2) is 6.04 Å². The van der Waals surface area contributed by atoms with Crippen molar-refractivity contribution in [2.45, 2.75) is 61.3 Å². The molecule has 0 heterocycles. The van der Waals surface area contributed by atoms with Gasteiger partial charge in [-0.3, -0.25) is 0 Å². The predicted octanol–water partition coefficient (Wildman–Crippen LogP) is 5.87. The molecule has 0 amide bonds. The Hall–Kier alpha value is -0.740. The Bertz CT molecular complexity index is 512. The summed E-state index contributed by atoms with van der Waals surface area (Å²) in [6.45, 7) is 6.68. The number of benzene rings is 1. The molecule has 108 valence electrons. The van der Waals surface area contributed by atoms with Crippen molar-refractivity contribution < 1.29 is 0 Å². The quantitative estimate of drug-likeness (QED) is 0.202. The van der Waals surface area contributed by atoms with Crippen LogP contribution in [0.3, 0.4) is 0 Å². The molecule has 20 heavy (non-hydrogen) atoms. The van der Waals surface area contributed by atoms with Gasteiger partial charge in [-0.05, 0) is 34.9 Å². The smallest absolute Gasteiger partial charge is 0.0560 e. The first-order valence-corrected chi connectivity index (χ1v) is 8.30. The minimum absolute atomic E-state index is 0.0430. The van der Waals surface area contributed by atoms with E-state index in [0.717, 1.165) is 19.3 Å². The lowest BCUT2D eigenvalue weighted by atomic mass is 9.79. The standard InChI is InChI=1S/C16H22IN3/c1-15(2,3)12-7-9-13(10-8-12)16(17)11-5-4-6-14(16)19-20-18/h7-10,14H,4-6,11H2,1-3H3. The van der Waals surface area contributed by atoms with Crippen molar-refractivity contribution in [3.05, 3.63) is 45.8 Å². The van der Waals surface area contributed by atoms with E-state index < -0.39 is 0 Å². The van der Waals surface area contributed by atoms with Crippen molar-refractivity contribution in [2.75, 3.05) is 0 Å². The number of hydrogen-bond acceptors (Lipinski definition) is 1. The molecule has 1 aliphatic rings. The lowest BCUT2D eigenvalue weighted by molar-refractivity contribution is 0.368. The lowest BCUT2D eigenvalue weighted by Gasteiger charge is -2.38. The summed E-state index contributed by atoms with van der Waals surface area (Å²) < 4.78 is -0.0430. The van der Waals surface area contributed by atoms with Gasteiger partial charge >= 0.3 is 0 Å². The van der Waals surface area contributed by atoms with Crippen LogP contribution in [0.15, 0.2) is 29.4 Å². The molecule has 1 aliphatic carbocycles.